The Balaban J connectivity index is 2.10. The Bertz CT molecular complexity index is 369. The molecule has 1 heterocycles. The lowest BCUT2D eigenvalue weighted by Gasteiger charge is -2.30. The fraction of sp³-hybridized carbons (Fsp3) is 0.625. The molecule has 2 rings (SSSR count). The summed E-state index contributed by atoms with van der Waals surface area (Å²) >= 11 is 0. The Hall–Kier alpha value is -0.860. The van der Waals surface area contributed by atoms with Crippen LogP contribution in [0, 0.1) is 0 Å². The predicted molar refractivity (Wildman–Crippen MR) is 77.7 cm³/mol. The van der Waals surface area contributed by atoms with Crippen LogP contribution in [0.2, 0.25) is 0 Å². The second-order valence-electron chi connectivity index (χ2n) is 5.77. The molecule has 2 unspecified atom stereocenters. The average molecular weight is 246 g/mol. The van der Waals surface area contributed by atoms with Crippen molar-refractivity contribution in [2.24, 2.45) is 5.73 Å². The van der Waals surface area contributed by atoms with Crippen molar-refractivity contribution in [1.29, 1.82) is 0 Å². The van der Waals surface area contributed by atoms with E-state index in [1.165, 1.54) is 30.5 Å². The lowest BCUT2D eigenvalue weighted by Crippen LogP contribution is -2.37. The van der Waals surface area contributed by atoms with Gasteiger partial charge in [0.15, 0.2) is 0 Å². The summed E-state index contributed by atoms with van der Waals surface area (Å²) in [4.78, 5) is 2.56. The monoisotopic (exact) mass is 246 g/mol. The molecular formula is C16H26N2. The van der Waals surface area contributed by atoms with Crippen molar-refractivity contribution >= 4 is 0 Å². The van der Waals surface area contributed by atoms with Gasteiger partial charge in [-0.3, -0.25) is 4.90 Å². The van der Waals surface area contributed by atoms with Gasteiger partial charge < -0.3 is 5.73 Å². The van der Waals surface area contributed by atoms with E-state index in [1.807, 2.05) is 0 Å². The molecule has 1 aliphatic rings. The average Bonchev–Trinajstić information content (AvgIpc) is 2.86. The van der Waals surface area contributed by atoms with E-state index in [2.05, 4.69) is 49.9 Å². The van der Waals surface area contributed by atoms with Crippen LogP contribution in [0.25, 0.3) is 0 Å². The van der Waals surface area contributed by atoms with Crippen molar-refractivity contribution in [1.82, 2.24) is 4.90 Å². The number of nitrogens with two attached hydrogens (primary N) is 1. The topological polar surface area (TPSA) is 29.3 Å². The van der Waals surface area contributed by atoms with Crippen LogP contribution in [0.4, 0.5) is 0 Å². The molecule has 0 radical (unpaired) electrons. The zero-order valence-corrected chi connectivity index (χ0v) is 11.9. The van der Waals surface area contributed by atoms with E-state index in [4.69, 9.17) is 5.73 Å². The molecule has 2 nitrogen and oxygen atoms in total. The van der Waals surface area contributed by atoms with Gasteiger partial charge in [0.2, 0.25) is 0 Å². The summed E-state index contributed by atoms with van der Waals surface area (Å²) in [6.45, 7) is 8.76. The molecule has 18 heavy (non-hydrogen) atoms. The van der Waals surface area contributed by atoms with Crippen molar-refractivity contribution in [2.75, 3.05) is 13.1 Å². The number of hydrogen-bond acceptors (Lipinski definition) is 2. The lowest BCUT2D eigenvalue weighted by atomic mass is 9.99. The normalized spacial score (nSPS) is 22.6. The minimum absolute atomic E-state index is 0.488. The molecule has 2 atom stereocenters. The van der Waals surface area contributed by atoms with Crippen LogP contribution in [0.5, 0.6) is 0 Å². The highest BCUT2D eigenvalue weighted by atomic mass is 15.2. The molecule has 0 bridgehead atoms. The molecule has 0 saturated carbocycles. The predicted octanol–water partition coefficient (Wildman–Crippen LogP) is 3.29. The standard InChI is InChI=1S/C16H26N2/c1-12(2)14-6-8-15(9-7-14)13(3)18-10-4-5-16(18)11-17/h6-9,12-13,16H,4-5,10-11,17H2,1-3H3. The highest BCUT2D eigenvalue weighted by Crippen LogP contribution is 2.29. The molecular weight excluding hydrogens is 220 g/mol. The van der Waals surface area contributed by atoms with Crippen molar-refractivity contribution in [3.05, 3.63) is 35.4 Å². The smallest absolute Gasteiger partial charge is 0.0323 e. The molecule has 2 N–H and O–H groups in total. The largest absolute Gasteiger partial charge is 0.329 e. The van der Waals surface area contributed by atoms with Gasteiger partial charge in [0.05, 0.1) is 0 Å². The van der Waals surface area contributed by atoms with Crippen molar-refractivity contribution in [3.63, 3.8) is 0 Å². The number of nitrogens with zero attached hydrogens (tertiary/aromatic N) is 1. The van der Waals surface area contributed by atoms with Crippen LogP contribution in [0.15, 0.2) is 24.3 Å². The zero-order chi connectivity index (χ0) is 13.1. The molecule has 0 aromatic heterocycles. The molecule has 100 valence electrons. The maximum Gasteiger partial charge on any atom is 0.0323 e. The van der Waals surface area contributed by atoms with Gasteiger partial charge >= 0.3 is 0 Å². The quantitative estimate of drug-likeness (QED) is 0.883. The first-order valence-electron chi connectivity index (χ1n) is 7.19. The molecule has 2 heteroatoms. The number of likely N-dealkylation sites (tertiary alicyclic amines) is 1. The van der Waals surface area contributed by atoms with Gasteiger partial charge in [0.25, 0.3) is 0 Å². The highest BCUT2D eigenvalue weighted by Gasteiger charge is 2.27. The number of hydrogen-bond donors (Lipinski definition) is 1. The summed E-state index contributed by atoms with van der Waals surface area (Å²) in [6, 6.07) is 10.2. The van der Waals surface area contributed by atoms with E-state index in [0.717, 1.165) is 6.54 Å². The molecule has 0 aliphatic carbocycles. The van der Waals surface area contributed by atoms with Gasteiger partial charge in [-0.15, -0.1) is 0 Å². The van der Waals surface area contributed by atoms with E-state index in [-0.39, 0.29) is 0 Å². The second-order valence-corrected chi connectivity index (χ2v) is 5.77. The lowest BCUT2D eigenvalue weighted by molar-refractivity contribution is 0.197. The van der Waals surface area contributed by atoms with Gasteiger partial charge in [-0.2, -0.15) is 0 Å². The van der Waals surface area contributed by atoms with Crippen LogP contribution in [-0.2, 0) is 0 Å². The zero-order valence-electron chi connectivity index (χ0n) is 11.9. The minimum Gasteiger partial charge on any atom is -0.329 e. The van der Waals surface area contributed by atoms with E-state index >= 15 is 0 Å². The Morgan fingerprint density at radius 1 is 1.17 bits per heavy atom. The number of benzene rings is 1. The first-order chi connectivity index (χ1) is 8.63. The summed E-state index contributed by atoms with van der Waals surface area (Å²) in [5, 5.41) is 0. The first-order valence-corrected chi connectivity index (χ1v) is 7.19. The SMILES string of the molecule is CC(C)c1ccc(C(C)N2CCCC2CN)cc1. The summed E-state index contributed by atoms with van der Waals surface area (Å²) in [5.41, 5.74) is 8.70. The minimum atomic E-state index is 0.488. The third-order valence-corrected chi connectivity index (χ3v) is 4.28. The fourth-order valence-electron chi connectivity index (χ4n) is 2.97. The van der Waals surface area contributed by atoms with Gasteiger partial charge in [0.1, 0.15) is 0 Å². The van der Waals surface area contributed by atoms with Crippen LogP contribution in [0.3, 0.4) is 0 Å². The Morgan fingerprint density at radius 3 is 2.33 bits per heavy atom. The summed E-state index contributed by atoms with van der Waals surface area (Å²) < 4.78 is 0. The van der Waals surface area contributed by atoms with Crippen molar-refractivity contribution in [2.45, 2.75) is 51.6 Å². The Labute approximate surface area is 111 Å². The van der Waals surface area contributed by atoms with Gasteiger partial charge in [0, 0.05) is 18.6 Å². The highest BCUT2D eigenvalue weighted by molar-refractivity contribution is 5.26. The molecule has 0 spiro atoms. The van der Waals surface area contributed by atoms with E-state index < -0.39 is 0 Å². The molecule has 1 fully saturated rings. The molecule has 1 aromatic carbocycles. The van der Waals surface area contributed by atoms with Crippen LogP contribution >= 0.6 is 0 Å². The third-order valence-electron chi connectivity index (χ3n) is 4.28. The molecule has 0 amide bonds. The van der Waals surface area contributed by atoms with Gasteiger partial charge in [-0.25, -0.2) is 0 Å². The van der Waals surface area contributed by atoms with E-state index in [1.54, 1.807) is 0 Å². The fourth-order valence-corrected chi connectivity index (χ4v) is 2.97. The van der Waals surface area contributed by atoms with Crippen molar-refractivity contribution < 1.29 is 0 Å². The van der Waals surface area contributed by atoms with Crippen LogP contribution < -0.4 is 5.73 Å². The van der Waals surface area contributed by atoms with Gasteiger partial charge in [-0.1, -0.05) is 38.1 Å². The van der Waals surface area contributed by atoms with E-state index in [9.17, 15) is 0 Å². The Kier molecular flexibility index (Phi) is 4.41. The van der Waals surface area contributed by atoms with Crippen LogP contribution in [0.1, 0.15) is 56.7 Å². The van der Waals surface area contributed by atoms with Crippen molar-refractivity contribution in [3.8, 4) is 0 Å². The van der Waals surface area contributed by atoms with Crippen LogP contribution in [-0.4, -0.2) is 24.0 Å². The molecule has 1 aromatic rings. The summed E-state index contributed by atoms with van der Waals surface area (Å²) in [6.07, 6.45) is 2.54. The second kappa shape index (κ2) is 5.85. The number of rotatable bonds is 4. The summed E-state index contributed by atoms with van der Waals surface area (Å²) in [7, 11) is 0. The summed E-state index contributed by atoms with van der Waals surface area (Å²) in [5.74, 6) is 0.609. The third kappa shape index (κ3) is 2.76. The van der Waals surface area contributed by atoms with Gasteiger partial charge in [-0.05, 0) is 43.4 Å². The molecule has 1 aliphatic heterocycles. The Morgan fingerprint density at radius 2 is 1.78 bits per heavy atom. The maximum absolute atomic E-state index is 5.86. The maximum atomic E-state index is 5.86. The molecule has 1 saturated heterocycles. The van der Waals surface area contributed by atoms with E-state index in [0.29, 0.717) is 18.0 Å². The first kappa shape index (κ1) is 13.6.